The first-order valence-electron chi connectivity index (χ1n) is 4.92. The zero-order chi connectivity index (χ0) is 9.90. The van der Waals surface area contributed by atoms with Gasteiger partial charge in [-0.05, 0) is 39.5 Å². The number of alkyl carbamates (subject to hydrolysis) is 1. The number of ether oxygens (including phenoxy) is 1. The number of nitrogens with one attached hydrogen (secondary N) is 1. The Balaban J connectivity index is 2.10. The molecule has 0 aliphatic heterocycles. The van der Waals surface area contributed by atoms with Crippen molar-refractivity contribution in [2.75, 3.05) is 6.61 Å². The van der Waals surface area contributed by atoms with E-state index < -0.39 is 0 Å². The van der Waals surface area contributed by atoms with Gasteiger partial charge in [-0.3, -0.25) is 0 Å². The van der Waals surface area contributed by atoms with Crippen LogP contribution in [0.5, 0.6) is 0 Å². The summed E-state index contributed by atoms with van der Waals surface area (Å²) in [7, 11) is 0. The monoisotopic (exact) mass is 185 g/mol. The topological polar surface area (TPSA) is 38.3 Å². The lowest BCUT2D eigenvalue weighted by atomic mass is 9.86. The highest BCUT2D eigenvalue weighted by Crippen LogP contribution is 2.26. The summed E-state index contributed by atoms with van der Waals surface area (Å²) >= 11 is 0. The van der Waals surface area contributed by atoms with Crippen LogP contribution in [0.4, 0.5) is 4.79 Å². The lowest BCUT2D eigenvalue weighted by Gasteiger charge is -2.26. The van der Waals surface area contributed by atoms with Gasteiger partial charge < -0.3 is 10.1 Å². The number of rotatable bonds is 2. The highest BCUT2D eigenvalue weighted by molar-refractivity contribution is 5.68. The van der Waals surface area contributed by atoms with E-state index >= 15 is 0 Å². The molecule has 3 heteroatoms. The zero-order valence-corrected chi connectivity index (χ0v) is 8.72. The summed E-state index contributed by atoms with van der Waals surface area (Å²) in [5, 5.41) is 2.76. The molecule has 1 rings (SSSR count). The fourth-order valence-electron chi connectivity index (χ4n) is 1.20. The summed E-state index contributed by atoms with van der Waals surface area (Å²) in [6.45, 7) is 6.41. The normalized spacial score (nSPS) is 17.8. The van der Waals surface area contributed by atoms with Gasteiger partial charge in [0.25, 0.3) is 0 Å². The number of hydrogen-bond donors (Lipinski definition) is 1. The molecular formula is C10H19NO2. The van der Waals surface area contributed by atoms with E-state index in [1.165, 1.54) is 19.3 Å². The van der Waals surface area contributed by atoms with Crippen LogP contribution >= 0.6 is 0 Å². The van der Waals surface area contributed by atoms with Crippen molar-refractivity contribution >= 4 is 6.09 Å². The Hall–Kier alpha value is -0.730. The van der Waals surface area contributed by atoms with E-state index in [1.807, 2.05) is 20.8 Å². The Morgan fingerprint density at radius 1 is 1.46 bits per heavy atom. The van der Waals surface area contributed by atoms with E-state index in [9.17, 15) is 4.79 Å². The van der Waals surface area contributed by atoms with Gasteiger partial charge in [0.15, 0.2) is 0 Å². The molecule has 1 N–H and O–H groups in total. The van der Waals surface area contributed by atoms with Crippen LogP contribution in [0.1, 0.15) is 40.0 Å². The maximum Gasteiger partial charge on any atom is 0.407 e. The minimum absolute atomic E-state index is 0.198. The zero-order valence-electron chi connectivity index (χ0n) is 8.72. The first-order valence-corrected chi connectivity index (χ1v) is 4.92. The van der Waals surface area contributed by atoms with Gasteiger partial charge in [-0.2, -0.15) is 0 Å². The van der Waals surface area contributed by atoms with E-state index in [1.54, 1.807) is 0 Å². The highest BCUT2D eigenvalue weighted by atomic mass is 16.5. The van der Waals surface area contributed by atoms with Crippen LogP contribution in [0.25, 0.3) is 0 Å². The number of hydrogen-bond acceptors (Lipinski definition) is 2. The van der Waals surface area contributed by atoms with E-state index in [0.717, 1.165) is 0 Å². The maximum atomic E-state index is 11.2. The Bertz CT molecular complexity index is 180. The van der Waals surface area contributed by atoms with Crippen LogP contribution in [0.15, 0.2) is 0 Å². The third-order valence-corrected chi connectivity index (χ3v) is 2.15. The number of carbonyl (C=O) groups is 1. The molecule has 1 saturated carbocycles. The fraction of sp³-hybridized carbons (Fsp3) is 0.900. The molecular weight excluding hydrogens is 166 g/mol. The molecule has 0 aromatic carbocycles. The van der Waals surface area contributed by atoms with Crippen molar-refractivity contribution in [1.29, 1.82) is 0 Å². The van der Waals surface area contributed by atoms with Gasteiger partial charge in [-0.15, -0.1) is 0 Å². The molecule has 13 heavy (non-hydrogen) atoms. The quantitative estimate of drug-likeness (QED) is 0.717. The predicted octanol–water partition coefficient (Wildman–Crippen LogP) is 2.31. The van der Waals surface area contributed by atoms with Crippen LogP contribution in [-0.2, 0) is 4.74 Å². The van der Waals surface area contributed by atoms with Gasteiger partial charge in [-0.25, -0.2) is 4.79 Å². The summed E-state index contributed by atoms with van der Waals surface area (Å²) in [5.41, 5.74) is -0.198. The maximum absolute atomic E-state index is 11.2. The molecule has 1 fully saturated rings. The highest BCUT2D eigenvalue weighted by Gasteiger charge is 2.20. The van der Waals surface area contributed by atoms with Gasteiger partial charge in [0, 0.05) is 5.54 Å². The fourth-order valence-corrected chi connectivity index (χ4v) is 1.20. The molecule has 0 saturated heterocycles. The predicted molar refractivity (Wildman–Crippen MR) is 51.6 cm³/mol. The summed E-state index contributed by atoms with van der Waals surface area (Å²) in [6, 6.07) is 0. The van der Waals surface area contributed by atoms with Crippen LogP contribution in [-0.4, -0.2) is 18.2 Å². The van der Waals surface area contributed by atoms with E-state index in [0.29, 0.717) is 12.5 Å². The second-order valence-electron chi connectivity index (χ2n) is 4.77. The molecule has 0 heterocycles. The summed E-state index contributed by atoms with van der Waals surface area (Å²) in [4.78, 5) is 11.2. The minimum Gasteiger partial charge on any atom is -0.449 e. The second kappa shape index (κ2) is 3.99. The number of amides is 1. The molecule has 0 bridgehead atoms. The van der Waals surface area contributed by atoms with Crippen molar-refractivity contribution < 1.29 is 9.53 Å². The van der Waals surface area contributed by atoms with Gasteiger partial charge in [0.1, 0.15) is 0 Å². The average Bonchev–Trinajstić information content (AvgIpc) is 1.78. The molecule has 0 radical (unpaired) electrons. The third-order valence-electron chi connectivity index (χ3n) is 2.15. The van der Waals surface area contributed by atoms with Crippen molar-refractivity contribution in [3.63, 3.8) is 0 Å². The Labute approximate surface area is 79.8 Å². The number of carbonyl (C=O) groups excluding carboxylic acids is 1. The second-order valence-corrected chi connectivity index (χ2v) is 4.77. The first kappa shape index (κ1) is 10.4. The third kappa shape index (κ3) is 4.15. The smallest absolute Gasteiger partial charge is 0.407 e. The van der Waals surface area contributed by atoms with Gasteiger partial charge in [-0.1, -0.05) is 6.42 Å². The molecule has 0 aromatic heterocycles. The molecule has 0 unspecified atom stereocenters. The van der Waals surface area contributed by atoms with Crippen LogP contribution in [0, 0.1) is 5.92 Å². The van der Waals surface area contributed by atoms with E-state index in [-0.39, 0.29) is 11.6 Å². The molecule has 0 atom stereocenters. The van der Waals surface area contributed by atoms with Crippen LogP contribution < -0.4 is 5.32 Å². The van der Waals surface area contributed by atoms with Crippen molar-refractivity contribution in [3.05, 3.63) is 0 Å². The summed E-state index contributed by atoms with van der Waals surface area (Å²) in [6.07, 6.45) is 3.42. The largest absolute Gasteiger partial charge is 0.449 e. The van der Waals surface area contributed by atoms with Gasteiger partial charge in [0.05, 0.1) is 6.61 Å². The molecule has 0 spiro atoms. The molecule has 0 aromatic rings. The Morgan fingerprint density at radius 2 is 2.08 bits per heavy atom. The molecule has 76 valence electrons. The summed E-state index contributed by atoms with van der Waals surface area (Å²) < 4.78 is 5.07. The first-order chi connectivity index (χ1) is 5.97. The lowest BCUT2D eigenvalue weighted by Crippen LogP contribution is -2.41. The SMILES string of the molecule is CC(C)(C)NC(=O)OCC1CCC1. The van der Waals surface area contributed by atoms with Crippen molar-refractivity contribution in [2.24, 2.45) is 5.92 Å². The van der Waals surface area contributed by atoms with Crippen molar-refractivity contribution in [3.8, 4) is 0 Å². The van der Waals surface area contributed by atoms with Crippen molar-refractivity contribution in [2.45, 2.75) is 45.6 Å². The Morgan fingerprint density at radius 3 is 2.46 bits per heavy atom. The van der Waals surface area contributed by atoms with Gasteiger partial charge in [0.2, 0.25) is 0 Å². The van der Waals surface area contributed by atoms with Gasteiger partial charge >= 0.3 is 6.09 Å². The van der Waals surface area contributed by atoms with Crippen molar-refractivity contribution in [1.82, 2.24) is 5.32 Å². The molecule has 1 aliphatic carbocycles. The van der Waals surface area contributed by atoms with E-state index in [4.69, 9.17) is 4.74 Å². The molecule has 1 aliphatic rings. The molecule has 3 nitrogen and oxygen atoms in total. The van der Waals surface area contributed by atoms with Crippen LogP contribution in [0.2, 0.25) is 0 Å². The Kier molecular flexibility index (Phi) is 3.17. The minimum atomic E-state index is -0.292. The summed E-state index contributed by atoms with van der Waals surface area (Å²) in [5.74, 6) is 0.616. The van der Waals surface area contributed by atoms with Crippen LogP contribution in [0.3, 0.4) is 0 Å². The van der Waals surface area contributed by atoms with E-state index in [2.05, 4.69) is 5.32 Å². The molecule has 1 amide bonds. The average molecular weight is 185 g/mol. The standard InChI is InChI=1S/C10H19NO2/c1-10(2,3)11-9(12)13-7-8-5-4-6-8/h8H,4-7H2,1-3H3,(H,11,12). The lowest BCUT2D eigenvalue weighted by molar-refractivity contribution is 0.0980.